The number of carboxylic acids is 2. The number of carboxylic acid groups (broad SMARTS) is 2. The lowest BCUT2D eigenvalue weighted by molar-refractivity contribution is -0.134. The molecule has 2 N–H and O–H groups in total. The summed E-state index contributed by atoms with van der Waals surface area (Å²) in [4.78, 5) is 21.5. The normalized spacial score (nSPS) is 20.5. The molecule has 28 heavy (non-hydrogen) atoms. The molecule has 1 fully saturated rings. The molecule has 2 aromatic carbocycles. The lowest BCUT2D eigenvalue weighted by Crippen LogP contribution is -2.35. The Morgan fingerprint density at radius 3 is 1.96 bits per heavy atom. The fourth-order valence-corrected chi connectivity index (χ4v) is 3.82. The third kappa shape index (κ3) is 4.58. The van der Waals surface area contributed by atoms with Gasteiger partial charge in [0.2, 0.25) is 0 Å². The predicted molar refractivity (Wildman–Crippen MR) is 105 cm³/mol. The van der Waals surface area contributed by atoms with Gasteiger partial charge in [0.15, 0.2) is 0 Å². The number of ether oxygens (including phenoxy) is 1. The molecule has 0 unspecified atom stereocenters. The van der Waals surface area contributed by atoms with Crippen LogP contribution in [0.25, 0.3) is 0 Å². The van der Waals surface area contributed by atoms with Crippen molar-refractivity contribution < 1.29 is 24.5 Å². The zero-order chi connectivity index (χ0) is 20.1. The molecule has 4 rings (SSSR count). The first-order valence-electron chi connectivity index (χ1n) is 9.14. The molecule has 6 heteroatoms. The summed E-state index contributed by atoms with van der Waals surface area (Å²) in [6.45, 7) is 2.27. The van der Waals surface area contributed by atoms with Crippen molar-refractivity contribution in [1.82, 2.24) is 4.90 Å². The van der Waals surface area contributed by atoms with E-state index in [1.807, 2.05) is 0 Å². The van der Waals surface area contributed by atoms with Crippen LogP contribution in [0.4, 0.5) is 0 Å². The molecule has 0 saturated carbocycles. The zero-order valence-corrected chi connectivity index (χ0v) is 15.6. The van der Waals surface area contributed by atoms with Gasteiger partial charge in [0.05, 0.1) is 0 Å². The maximum absolute atomic E-state index is 9.55. The van der Waals surface area contributed by atoms with Crippen LogP contribution in [0.15, 0.2) is 60.7 Å². The van der Waals surface area contributed by atoms with Gasteiger partial charge in [0.25, 0.3) is 0 Å². The number of hydrogen-bond donors (Lipinski definition) is 2. The molecule has 2 aliphatic heterocycles. The van der Waals surface area contributed by atoms with E-state index in [1.165, 1.54) is 17.5 Å². The Morgan fingerprint density at radius 2 is 1.43 bits per heavy atom. The molecule has 2 aliphatic rings. The number of fused-ring (bicyclic) bond motifs is 5. The molecule has 0 amide bonds. The van der Waals surface area contributed by atoms with Crippen LogP contribution in [0.5, 0.6) is 11.5 Å². The minimum atomic E-state index is -1.26. The van der Waals surface area contributed by atoms with E-state index in [0.717, 1.165) is 24.6 Å². The molecule has 0 bridgehead atoms. The maximum atomic E-state index is 9.55. The summed E-state index contributed by atoms with van der Waals surface area (Å²) in [7, 11) is 2.22. The third-order valence-electron chi connectivity index (χ3n) is 5.04. The van der Waals surface area contributed by atoms with Gasteiger partial charge in [-0.1, -0.05) is 36.4 Å². The number of carbonyl (C=O) groups is 2. The molecule has 0 aromatic heterocycles. The molecular weight excluding hydrogens is 358 g/mol. The van der Waals surface area contributed by atoms with Crippen LogP contribution >= 0.6 is 0 Å². The molecule has 0 radical (unpaired) electrons. The van der Waals surface area contributed by atoms with Crippen molar-refractivity contribution in [1.29, 1.82) is 0 Å². The van der Waals surface area contributed by atoms with Gasteiger partial charge in [0.1, 0.15) is 11.5 Å². The summed E-state index contributed by atoms with van der Waals surface area (Å²) in [6, 6.07) is 17.1. The second-order valence-corrected chi connectivity index (χ2v) is 6.95. The summed E-state index contributed by atoms with van der Waals surface area (Å²) < 4.78 is 6.21. The highest BCUT2D eigenvalue weighted by molar-refractivity contribution is 5.89. The Morgan fingerprint density at radius 1 is 0.929 bits per heavy atom. The summed E-state index contributed by atoms with van der Waals surface area (Å²) in [5, 5.41) is 15.6. The number of benzene rings is 2. The average molecular weight is 381 g/mol. The molecule has 146 valence electrons. The number of likely N-dealkylation sites (N-methyl/N-ethyl adjacent to an activating group) is 1. The number of aliphatic carboxylic acids is 2. The topological polar surface area (TPSA) is 87.1 Å². The van der Waals surface area contributed by atoms with E-state index in [-0.39, 0.29) is 0 Å². The van der Waals surface area contributed by atoms with Crippen LogP contribution in [0, 0.1) is 0 Å². The number of para-hydroxylation sites is 2. The molecule has 6 nitrogen and oxygen atoms in total. The molecule has 0 spiro atoms. The molecule has 2 aromatic rings. The second-order valence-electron chi connectivity index (χ2n) is 6.95. The summed E-state index contributed by atoms with van der Waals surface area (Å²) >= 11 is 0. The highest BCUT2D eigenvalue weighted by Gasteiger charge is 2.35. The Labute approximate surface area is 163 Å². The van der Waals surface area contributed by atoms with Crippen LogP contribution in [0.1, 0.15) is 29.4 Å². The smallest absolute Gasteiger partial charge is 0.328 e. The standard InChI is InChI=1S/C18H19NO.C4H4O4/c1-19-11-10-13-14-6-2-4-8-17(14)20-18-9-5-3-7-15(18)16(13)12-19;5-3(6)1-2-4(7)8/h2-9,13,16H,10-12H2,1H3;1-2H,(H,5,6)(H,7,8)/b;2-1-/t13-,16-;/m1./s1. The van der Waals surface area contributed by atoms with Gasteiger partial charge in [-0.3, -0.25) is 0 Å². The van der Waals surface area contributed by atoms with Crippen molar-refractivity contribution in [2.24, 2.45) is 0 Å². The fourth-order valence-electron chi connectivity index (χ4n) is 3.82. The molecular formula is C22H23NO5. The summed E-state index contributed by atoms with van der Waals surface area (Å²) in [5.74, 6) is 0.666. The van der Waals surface area contributed by atoms with Crippen molar-refractivity contribution in [3.05, 3.63) is 71.8 Å². The minimum Gasteiger partial charge on any atom is -0.478 e. The van der Waals surface area contributed by atoms with Gasteiger partial charge in [-0.2, -0.15) is 0 Å². The Balaban J connectivity index is 0.000000242. The number of piperidine rings is 1. The van der Waals surface area contributed by atoms with Gasteiger partial charge in [-0.15, -0.1) is 0 Å². The summed E-state index contributed by atoms with van der Waals surface area (Å²) in [5.41, 5.74) is 2.74. The van der Waals surface area contributed by atoms with Crippen molar-refractivity contribution in [3.8, 4) is 11.5 Å². The number of nitrogens with zero attached hydrogens (tertiary/aromatic N) is 1. The highest BCUT2D eigenvalue weighted by atomic mass is 16.5. The van der Waals surface area contributed by atoms with Crippen molar-refractivity contribution in [2.75, 3.05) is 20.1 Å². The minimum absolute atomic E-state index is 0.536. The zero-order valence-electron chi connectivity index (χ0n) is 15.6. The fraction of sp³-hybridized carbons (Fsp3) is 0.273. The van der Waals surface area contributed by atoms with Crippen LogP contribution in [-0.2, 0) is 9.59 Å². The van der Waals surface area contributed by atoms with Crippen LogP contribution in [0.3, 0.4) is 0 Å². The van der Waals surface area contributed by atoms with E-state index in [0.29, 0.717) is 24.0 Å². The Kier molecular flexibility index (Phi) is 6.11. The largest absolute Gasteiger partial charge is 0.478 e. The van der Waals surface area contributed by atoms with E-state index >= 15 is 0 Å². The van der Waals surface area contributed by atoms with E-state index in [1.54, 1.807) is 0 Å². The first kappa shape index (κ1) is 19.6. The van der Waals surface area contributed by atoms with Gasteiger partial charge < -0.3 is 19.8 Å². The van der Waals surface area contributed by atoms with E-state index in [4.69, 9.17) is 14.9 Å². The number of hydrogen-bond acceptors (Lipinski definition) is 4. The van der Waals surface area contributed by atoms with Crippen LogP contribution in [0.2, 0.25) is 0 Å². The number of likely N-dealkylation sites (tertiary alicyclic amines) is 1. The third-order valence-corrected chi connectivity index (χ3v) is 5.04. The first-order valence-corrected chi connectivity index (χ1v) is 9.14. The van der Waals surface area contributed by atoms with E-state index in [9.17, 15) is 9.59 Å². The van der Waals surface area contributed by atoms with Crippen molar-refractivity contribution in [2.45, 2.75) is 18.3 Å². The van der Waals surface area contributed by atoms with E-state index < -0.39 is 11.9 Å². The van der Waals surface area contributed by atoms with E-state index in [2.05, 4.69) is 60.5 Å². The van der Waals surface area contributed by atoms with Gasteiger partial charge in [-0.05, 0) is 49.2 Å². The molecule has 1 saturated heterocycles. The predicted octanol–water partition coefficient (Wildman–Crippen LogP) is 3.71. The molecule has 2 atom stereocenters. The van der Waals surface area contributed by atoms with Gasteiger partial charge in [-0.25, -0.2) is 9.59 Å². The Hall–Kier alpha value is -3.12. The van der Waals surface area contributed by atoms with Crippen molar-refractivity contribution in [3.63, 3.8) is 0 Å². The SMILES string of the molecule is CN1CC[C@@H]2c3ccccc3Oc3ccccc3[C@@H]2C1.O=C(O)/C=C\C(=O)O. The lowest BCUT2D eigenvalue weighted by atomic mass is 9.77. The van der Waals surface area contributed by atoms with Gasteiger partial charge in [0, 0.05) is 24.6 Å². The maximum Gasteiger partial charge on any atom is 0.328 e. The van der Waals surface area contributed by atoms with Crippen molar-refractivity contribution >= 4 is 11.9 Å². The number of rotatable bonds is 2. The van der Waals surface area contributed by atoms with Crippen LogP contribution in [-0.4, -0.2) is 47.2 Å². The highest BCUT2D eigenvalue weighted by Crippen LogP contribution is 2.49. The lowest BCUT2D eigenvalue weighted by Gasteiger charge is -2.36. The summed E-state index contributed by atoms with van der Waals surface area (Å²) in [6.07, 6.45) is 2.32. The molecule has 0 aliphatic carbocycles. The Bertz CT molecular complexity index is 876. The van der Waals surface area contributed by atoms with Gasteiger partial charge >= 0.3 is 11.9 Å². The quantitative estimate of drug-likeness (QED) is 0.771. The second kappa shape index (κ2) is 8.71. The average Bonchev–Trinajstić information content (AvgIpc) is 2.81. The van der Waals surface area contributed by atoms with Crippen LogP contribution < -0.4 is 4.74 Å². The monoisotopic (exact) mass is 381 g/mol. The first-order chi connectivity index (χ1) is 13.5. The molecule has 2 heterocycles.